The molecule has 0 amide bonds. The van der Waals surface area contributed by atoms with E-state index in [0.29, 0.717) is 11.6 Å². The van der Waals surface area contributed by atoms with Crippen molar-refractivity contribution in [2.45, 2.75) is 24.4 Å². The SMILES string of the molecule is Cn1cnc(S(=O)(=O)Nc2cnn(CC3CCOCC3)c2)c1. The molecule has 0 aromatic carbocycles. The van der Waals surface area contributed by atoms with Gasteiger partial charge in [0.25, 0.3) is 10.0 Å². The lowest BCUT2D eigenvalue weighted by Gasteiger charge is -2.21. The third kappa shape index (κ3) is 3.47. The lowest BCUT2D eigenvalue weighted by atomic mass is 10.0. The number of aromatic nitrogens is 4. The standard InChI is InChI=1S/C13H19N5O3S/c1-17-9-13(14-10-17)22(19,20)16-12-6-15-18(8-12)7-11-2-4-21-5-3-11/h6,8-11,16H,2-5,7H2,1H3. The van der Waals surface area contributed by atoms with E-state index in [1.165, 1.54) is 18.7 Å². The van der Waals surface area contributed by atoms with Gasteiger partial charge >= 0.3 is 0 Å². The van der Waals surface area contributed by atoms with Gasteiger partial charge in [-0.3, -0.25) is 9.40 Å². The van der Waals surface area contributed by atoms with Gasteiger partial charge in [-0.15, -0.1) is 0 Å². The van der Waals surface area contributed by atoms with Crippen molar-refractivity contribution in [3.8, 4) is 0 Å². The predicted molar refractivity (Wildman–Crippen MR) is 79.8 cm³/mol. The van der Waals surface area contributed by atoms with Gasteiger partial charge in [0.05, 0.1) is 18.2 Å². The zero-order valence-corrected chi connectivity index (χ0v) is 13.2. The summed E-state index contributed by atoms with van der Waals surface area (Å²) in [5.41, 5.74) is 0.442. The Kier molecular flexibility index (Phi) is 4.16. The van der Waals surface area contributed by atoms with E-state index >= 15 is 0 Å². The summed E-state index contributed by atoms with van der Waals surface area (Å²) in [5.74, 6) is 0.522. The van der Waals surface area contributed by atoms with E-state index in [9.17, 15) is 8.42 Å². The number of sulfonamides is 1. The Morgan fingerprint density at radius 3 is 2.82 bits per heavy atom. The number of aryl methyl sites for hydroxylation is 1. The fourth-order valence-electron chi connectivity index (χ4n) is 2.44. The molecule has 0 aliphatic carbocycles. The molecule has 2 aromatic heterocycles. The van der Waals surface area contributed by atoms with Crippen molar-refractivity contribution in [3.63, 3.8) is 0 Å². The van der Waals surface area contributed by atoms with Crippen molar-refractivity contribution in [3.05, 3.63) is 24.9 Å². The topological polar surface area (TPSA) is 91.0 Å². The summed E-state index contributed by atoms with van der Waals surface area (Å²) in [5, 5.41) is 4.21. The molecule has 0 bridgehead atoms. The molecule has 8 nitrogen and oxygen atoms in total. The van der Waals surface area contributed by atoms with Gasteiger partial charge in [0.1, 0.15) is 0 Å². The van der Waals surface area contributed by atoms with Crippen LogP contribution in [0.5, 0.6) is 0 Å². The molecule has 1 N–H and O–H groups in total. The first-order valence-electron chi connectivity index (χ1n) is 7.14. The molecular formula is C13H19N5O3S. The molecule has 1 saturated heterocycles. The van der Waals surface area contributed by atoms with Gasteiger partial charge in [-0.2, -0.15) is 13.5 Å². The Morgan fingerprint density at radius 1 is 1.36 bits per heavy atom. The van der Waals surface area contributed by atoms with E-state index < -0.39 is 10.0 Å². The number of nitrogens with zero attached hydrogens (tertiary/aromatic N) is 4. The second-order valence-electron chi connectivity index (χ2n) is 5.49. The molecule has 1 fully saturated rings. The quantitative estimate of drug-likeness (QED) is 0.880. The average Bonchev–Trinajstić information content (AvgIpc) is 3.09. The largest absolute Gasteiger partial charge is 0.381 e. The zero-order valence-electron chi connectivity index (χ0n) is 12.3. The summed E-state index contributed by atoms with van der Waals surface area (Å²) in [6.07, 6.45) is 8.14. The molecule has 0 saturated carbocycles. The number of imidazole rings is 1. The van der Waals surface area contributed by atoms with Gasteiger partial charge in [0, 0.05) is 39.2 Å². The monoisotopic (exact) mass is 325 g/mol. The molecule has 120 valence electrons. The minimum absolute atomic E-state index is 0.00724. The average molecular weight is 325 g/mol. The molecule has 0 radical (unpaired) electrons. The van der Waals surface area contributed by atoms with Crippen LogP contribution < -0.4 is 4.72 Å². The Balaban J connectivity index is 1.66. The van der Waals surface area contributed by atoms with Crippen LogP contribution in [0.4, 0.5) is 5.69 Å². The third-order valence-electron chi connectivity index (χ3n) is 3.63. The number of nitrogens with one attached hydrogen (secondary N) is 1. The molecule has 3 heterocycles. The van der Waals surface area contributed by atoms with Crippen molar-refractivity contribution in [2.75, 3.05) is 17.9 Å². The van der Waals surface area contributed by atoms with E-state index in [-0.39, 0.29) is 5.03 Å². The van der Waals surface area contributed by atoms with Gasteiger partial charge in [0.15, 0.2) is 5.03 Å². The highest BCUT2D eigenvalue weighted by Crippen LogP contribution is 2.18. The highest BCUT2D eigenvalue weighted by molar-refractivity contribution is 7.92. The van der Waals surface area contributed by atoms with Crippen molar-refractivity contribution in [2.24, 2.45) is 13.0 Å². The maximum absolute atomic E-state index is 12.2. The Bertz CT molecular complexity index is 730. The smallest absolute Gasteiger partial charge is 0.281 e. The zero-order chi connectivity index (χ0) is 15.6. The molecular weight excluding hydrogens is 306 g/mol. The van der Waals surface area contributed by atoms with Crippen LogP contribution in [0, 0.1) is 5.92 Å². The van der Waals surface area contributed by atoms with Crippen LogP contribution in [-0.2, 0) is 28.4 Å². The fraction of sp³-hybridized carbons (Fsp3) is 0.538. The normalized spacial score (nSPS) is 16.8. The van der Waals surface area contributed by atoms with Crippen LogP contribution in [0.3, 0.4) is 0 Å². The van der Waals surface area contributed by atoms with E-state index in [4.69, 9.17) is 4.74 Å². The summed E-state index contributed by atoms with van der Waals surface area (Å²) in [6, 6.07) is 0. The molecule has 0 atom stereocenters. The van der Waals surface area contributed by atoms with E-state index in [2.05, 4.69) is 14.8 Å². The summed E-state index contributed by atoms with van der Waals surface area (Å²) < 4.78 is 35.5. The van der Waals surface area contributed by atoms with Crippen LogP contribution in [0.15, 0.2) is 29.9 Å². The highest BCUT2D eigenvalue weighted by Gasteiger charge is 2.19. The van der Waals surface area contributed by atoms with Crippen molar-refractivity contribution in [1.82, 2.24) is 19.3 Å². The first-order chi connectivity index (χ1) is 10.5. The van der Waals surface area contributed by atoms with E-state index in [1.807, 2.05) is 0 Å². The van der Waals surface area contributed by atoms with Crippen LogP contribution >= 0.6 is 0 Å². The molecule has 2 aromatic rings. The van der Waals surface area contributed by atoms with Crippen molar-refractivity contribution in [1.29, 1.82) is 0 Å². The summed E-state index contributed by atoms with van der Waals surface area (Å²) in [4.78, 5) is 3.86. The Labute approximate surface area is 129 Å². The number of ether oxygens (including phenoxy) is 1. The van der Waals surface area contributed by atoms with E-state index in [1.54, 1.807) is 22.5 Å². The lowest BCUT2D eigenvalue weighted by molar-refractivity contribution is 0.0601. The Hall–Kier alpha value is -1.87. The molecule has 0 unspecified atom stereocenters. The lowest BCUT2D eigenvalue weighted by Crippen LogP contribution is -2.20. The van der Waals surface area contributed by atoms with Gasteiger partial charge in [-0.05, 0) is 18.8 Å². The molecule has 22 heavy (non-hydrogen) atoms. The summed E-state index contributed by atoms with van der Waals surface area (Å²) in [6.45, 7) is 2.34. The van der Waals surface area contributed by atoms with Crippen molar-refractivity contribution < 1.29 is 13.2 Å². The summed E-state index contributed by atoms with van der Waals surface area (Å²) >= 11 is 0. The first-order valence-corrected chi connectivity index (χ1v) is 8.62. The minimum Gasteiger partial charge on any atom is -0.381 e. The molecule has 9 heteroatoms. The van der Waals surface area contributed by atoms with Crippen LogP contribution in [-0.4, -0.2) is 41.0 Å². The second-order valence-corrected chi connectivity index (χ2v) is 7.12. The molecule has 1 aliphatic heterocycles. The fourth-order valence-corrected chi connectivity index (χ4v) is 3.46. The van der Waals surface area contributed by atoms with Gasteiger partial charge in [-0.25, -0.2) is 4.98 Å². The van der Waals surface area contributed by atoms with E-state index in [0.717, 1.165) is 32.6 Å². The van der Waals surface area contributed by atoms with Crippen LogP contribution in [0.1, 0.15) is 12.8 Å². The highest BCUT2D eigenvalue weighted by atomic mass is 32.2. The first kappa shape index (κ1) is 15.0. The number of rotatable bonds is 5. The van der Waals surface area contributed by atoms with Gasteiger partial charge < -0.3 is 9.30 Å². The number of anilines is 1. The second kappa shape index (κ2) is 6.09. The number of hydrogen-bond acceptors (Lipinski definition) is 5. The minimum atomic E-state index is -3.67. The summed E-state index contributed by atoms with van der Waals surface area (Å²) in [7, 11) is -1.95. The third-order valence-corrected chi connectivity index (χ3v) is 4.89. The van der Waals surface area contributed by atoms with Crippen molar-refractivity contribution >= 4 is 15.7 Å². The van der Waals surface area contributed by atoms with Crippen LogP contribution in [0.2, 0.25) is 0 Å². The maximum atomic E-state index is 12.2. The maximum Gasteiger partial charge on any atom is 0.281 e. The number of hydrogen-bond donors (Lipinski definition) is 1. The Morgan fingerprint density at radius 2 is 2.14 bits per heavy atom. The molecule has 0 spiro atoms. The van der Waals surface area contributed by atoms with Gasteiger partial charge in [0.2, 0.25) is 0 Å². The molecule has 1 aliphatic rings. The molecule has 3 rings (SSSR count). The predicted octanol–water partition coefficient (Wildman–Crippen LogP) is 0.844. The van der Waals surface area contributed by atoms with Crippen LogP contribution in [0.25, 0.3) is 0 Å². The van der Waals surface area contributed by atoms with Gasteiger partial charge in [-0.1, -0.05) is 0 Å².